The summed E-state index contributed by atoms with van der Waals surface area (Å²) in [5.41, 5.74) is 0.897. The molecule has 0 spiro atoms. The van der Waals surface area contributed by atoms with E-state index in [4.69, 9.17) is 9.47 Å². The standard InChI is InChI=1S/C16H23NO5/c1-16(2,20)22-14-9-12(18)8-13(14)17-15(19)21-10-11-6-4-3-5-7-11/h3-7,12-14,18,20H,8-10H2,1-2H3,(H,17,19)/t12-,13+,14+/m0/s1. The number of aliphatic hydroxyl groups excluding tert-OH is 1. The number of nitrogens with one attached hydrogen (secondary N) is 1. The first-order valence-electron chi connectivity index (χ1n) is 7.39. The second-order valence-corrected chi connectivity index (χ2v) is 6.04. The fourth-order valence-corrected chi connectivity index (χ4v) is 2.54. The molecule has 1 saturated carbocycles. The van der Waals surface area contributed by atoms with Gasteiger partial charge in [-0.25, -0.2) is 4.79 Å². The number of hydrogen-bond donors (Lipinski definition) is 3. The third-order valence-corrected chi connectivity index (χ3v) is 3.43. The van der Waals surface area contributed by atoms with Crippen molar-refractivity contribution in [2.45, 2.75) is 57.3 Å². The van der Waals surface area contributed by atoms with Crippen molar-refractivity contribution in [2.24, 2.45) is 0 Å². The SMILES string of the molecule is CC(C)(O)O[C@@H]1C[C@@H](O)C[C@H]1NC(=O)OCc1ccccc1. The van der Waals surface area contributed by atoms with Gasteiger partial charge in [0.2, 0.25) is 0 Å². The van der Waals surface area contributed by atoms with Gasteiger partial charge in [-0.1, -0.05) is 30.3 Å². The van der Waals surface area contributed by atoms with E-state index in [2.05, 4.69) is 5.32 Å². The summed E-state index contributed by atoms with van der Waals surface area (Å²) in [6.07, 6.45) is -0.826. The summed E-state index contributed by atoms with van der Waals surface area (Å²) in [6, 6.07) is 8.99. The van der Waals surface area contributed by atoms with Crippen LogP contribution in [0.1, 0.15) is 32.3 Å². The number of ether oxygens (including phenoxy) is 2. The molecule has 122 valence electrons. The Hall–Kier alpha value is -1.63. The van der Waals surface area contributed by atoms with E-state index in [1.165, 1.54) is 13.8 Å². The van der Waals surface area contributed by atoms with E-state index in [9.17, 15) is 15.0 Å². The highest BCUT2D eigenvalue weighted by atomic mass is 16.6. The lowest BCUT2D eigenvalue weighted by Gasteiger charge is -2.27. The molecule has 0 aromatic heterocycles. The Bertz CT molecular complexity index is 485. The minimum atomic E-state index is -1.32. The molecule has 1 aromatic rings. The summed E-state index contributed by atoms with van der Waals surface area (Å²) in [7, 11) is 0. The van der Waals surface area contributed by atoms with Gasteiger partial charge in [-0.2, -0.15) is 0 Å². The van der Waals surface area contributed by atoms with Crippen molar-refractivity contribution >= 4 is 6.09 Å². The summed E-state index contributed by atoms with van der Waals surface area (Å²) in [5.74, 6) is -1.32. The van der Waals surface area contributed by atoms with E-state index in [1.54, 1.807) is 0 Å². The highest BCUT2D eigenvalue weighted by Crippen LogP contribution is 2.26. The first-order chi connectivity index (χ1) is 10.3. The lowest BCUT2D eigenvalue weighted by atomic mass is 10.2. The number of hydrogen-bond acceptors (Lipinski definition) is 5. The number of carbonyl (C=O) groups is 1. The maximum absolute atomic E-state index is 11.9. The Balaban J connectivity index is 1.84. The van der Waals surface area contributed by atoms with Crippen LogP contribution in [0.15, 0.2) is 30.3 Å². The Labute approximate surface area is 130 Å². The molecule has 1 amide bonds. The van der Waals surface area contributed by atoms with Crippen LogP contribution in [0.3, 0.4) is 0 Å². The molecule has 22 heavy (non-hydrogen) atoms. The number of aliphatic hydroxyl groups is 2. The van der Waals surface area contributed by atoms with Crippen molar-refractivity contribution in [3.8, 4) is 0 Å². The summed E-state index contributed by atoms with van der Waals surface area (Å²) >= 11 is 0. The summed E-state index contributed by atoms with van der Waals surface area (Å²) in [4.78, 5) is 11.9. The van der Waals surface area contributed by atoms with Gasteiger partial charge in [0.15, 0.2) is 5.79 Å². The number of alkyl carbamates (subject to hydrolysis) is 1. The molecule has 6 nitrogen and oxygen atoms in total. The number of amides is 1. The van der Waals surface area contributed by atoms with Crippen molar-refractivity contribution in [2.75, 3.05) is 0 Å². The van der Waals surface area contributed by atoms with E-state index in [0.717, 1.165) is 5.56 Å². The zero-order chi connectivity index (χ0) is 16.2. The molecule has 3 atom stereocenters. The first-order valence-corrected chi connectivity index (χ1v) is 7.39. The quantitative estimate of drug-likeness (QED) is 0.718. The molecule has 0 radical (unpaired) electrons. The molecule has 0 heterocycles. The maximum atomic E-state index is 11.9. The minimum absolute atomic E-state index is 0.180. The highest BCUT2D eigenvalue weighted by molar-refractivity contribution is 5.67. The van der Waals surface area contributed by atoms with Crippen LogP contribution in [0.2, 0.25) is 0 Å². The van der Waals surface area contributed by atoms with Gasteiger partial charge in [0, 0.05) is 6.42 Å². The molecule has 6 heteroatoms. The van der Waals surface area contributed by atoms with Gasteiger partial charge >= 0.3 is 6.09 Å². The minimum Gasteiger partial charge on any atom is -0.445 e. The van der Waals surface area contributed by atoms with Gasteiger partial charge in [-0.3, -0.25) is 0 Å². The predicted octanol–water partition coefficient (Wildman–Crippen LogP) is 1.55. The molecule has 1 aliphatic rings. The van der Waals surface area contributed by atoms with Crippen LogP contribution in [0.4, 0.5) is 4.79 Å². The Kier molecular flexibility index (Phi) is 5.39. The zero-order valence-electron chi connectivity index (χ0n) is 12.9. The second kappa shape index (κ2) is 7.09. The molecular weight excluding hydrogens is 286 g/mol. The van der Waals surface area contributed by atoms with Crippen LogP contribution in [-0.4, -0.2) is 40.3 Å². The van der Waals surface area contributed by atoms with Crippen molar-refractivity contribution in [3.05, 3.63) is 35.9 Å². The Morgan fingerprint density at radius 2 is 2.00 bits per heavy atom. The third-order valence-electron chi connectivity index (χ3n) is 3.43. The van der Waals surface area contributed by atoms with Crippen molar-refractivity contribution in [1.82, 2.24) is 5.32 Å². The zero-order valence-corrected chi connectivity index (χ0v) is 12.9. The van der Waals surface area contributed by atoms with Gasteiger partial charge in [-0.15, -0.1) is 0 Å². The maximum Gasteiger partial charge on any atom is 0.407 e. The summed E-state index contributed by atoms with van der Waals surface area (Å²) in [5, 5.41) is 22.1. The van der Waals surface area contributed by atoms with Crippen LogP contribution in [0, 0.1) is 0 Å². The Morgan fingerprint density at radius 3 is 2.64 bits per heavy atom. The second-order valence-electron chi connectivity index (χ2n) is 6.04. The smallest absolute Gasteiger partial charge is 0.407 e. The molecule has 1 fully saturated rings. The van der Waals surface area contributed by atoms with E-state index in [1.807, 2.05) is 30.3 Å². The van der Waals surface area contributed by atoms with Crippen LogP contribution >= 0.6 is 0 Å². The average molecular weight is 309 g/mol. The first kappa shape index (κ1) is 16.7. The largest absolute Gasteiger partial charge is 0.445 e. The fraction of sp³-hybridized carbons (Fsp3) is 0.562. The van der Waals surface area contributed by atoms with Crippen LogP contribution < -0.4 is 5.32 Å². The van der Waals surface area contributed by atoms with Gasteiger partial charge in [0.1, 0.15) is 6.61 Å². The van der Waals surface area contributed by atoms with Crippen LogP contribution in [0.5, 0.6) is 0 Å². The normalized spacial score (nSPS) is 25.0. The van der Waals surface area contributed by atoms with Gasteiger partial charge in [0.05, 0.1) is 18.2 Å². The van der Waals surface area contributed by atoms with E-state index >= 15 is 0 Å². The molecule has 3 N–H and O–H groups in total. The monoisotopic (exact) mass is 309 g/mol. The van der Waals surface area contributed by atoms with Gasteiger partial charge in [0.25, 0.3) is 0 Å². The molecule has 0 saturated heterocycles. The molecule has 1 aromatic carbocycles. The van der Waals surface area contributed by atoms with E-state index in [-0.39, 0.29) is 12.6 Å². The molecule has 0 bridgehead atoms. The molecule has 0 aliphatic heterocycles. The third kappa shape index (κ3) is 5.29. The van der Waals surface area contributed by atoms with Crippen LogP contribution in [0.25, 0.3) is 0 Å². The van der Waals surface area contributed by atoms with Crippen molar-refractivity contribution in [3.63, 3.8) is 0 Å². The lowest BCUT2D eigenvalue weighted by molar-refractivity contribution is -0.208. The number of carbonyl (C=O) groups excluding carboxylic acids is 1. The van der Waals surface area contributed by atoms with Crippen LogP contribution in [-0.2, 0) is 16.1 Å². The number of rotatable bonds is 5. The van der Waals surface area contributed by atoms with Gasteiger partial charge < -0.3 is 25.0 Å². The van der Waals surface area contributed by atoms with Crippen molar-refractivity contribution in [1.29, 1.82) is 0 Å². The van der Waals surface area contributed by atoms with E-state index < -0.39 is 24.1 Å². The summed E-state index contributed by atoms with van der Waals surface area (Å²) < 4.78 is 10.6. The Morgan fingerprint density at radius 1 is 1.32 bits per heavy atom. The molecule has 2 rings (SSSR count). The number of benzene rings is 1. The molecular formula is C16H23NO5. The lowest BCUT2D eigenvalue weighted by Crippen LogP contribution is -2.44. The average Bonchev–Trinajstić information content (AvgIpc) is 2.75. The van der Waals surface area contributed by atoms with E-state index in [0.29, 0.717) is 12.8 Å². The topological polar surface area (TPSA) is 88.0 Å². The highest BCUT2D eigenvalue weighted by Gasteiger charge is 2.38. The van der Waals surface area contributed by atoms with Gasteiger partial charge in [-0.05, 0) is 25.8 Å². The molecule has 1 aliphatic carbocycles. The molecule has 0 unspecified atom stereocenters. The predicted molar refractivity (Wildman–Crippen MR) is 80.0 cm³/mol. The summed E-state index contributed by atoms with van der Waals surface area (Å²) in [6.45, 7) is 3.21. The fourth-order valence-electron chi connectivity index (χ4n) is 2.54. The van der Waals surface area contributed by atoms with Crippen molar-refractivity contribution < 1.29 is 24.5 Å².